The van der Waals surface area contributed by atoms with E-state index < -0.39 is 0 Å². The van der Waals surface area contributed by atoms with Gasteiger partial charge in [-0.3, -0.25) is 0 Å². The molecule has 0 atom stereocenters. The highest BCUT2D eigenvalue weighted by molar-refractivity contribution is 6.40. The van der Waals surface area contributed by atoms with Crippen molar-refractivity contribution in [2.75, 3.05) is 19.5 Å². The highest BCUT2D eigenvalue weighted by Crippen LogP contribution is 2.40. The van der Waals surface area contributed by atoms with Crippen LogP contribution in [0.25, 0.3) is 10.9 Å². The molecule has 24 heavy (non-hydrogen) atoms. The number of aromatic nitrogens is 2. The Hall–Kier alpha value is -2.44. The summed E-state index contributed by atoms with van der Waals surface area (Å²) in [7, 11) is 3.10. The molecule has 6 nitrogen and oxygen atoms in total. The second kappa shape index (κ2) is 6.59. The van der Waals surface area contributed by atoms with Crippen molar-refractivity contribution in [3.8, 4) is 17.2 Å². The average Bonchev–Trinajstić information content (AvgIpc) is 2.60. The quantitative estimate of drug-likeness (QED) is 0.713. The van der Waals surface area contributed by atoms with Crippen molar-refractivity contribution in [2.24, 2.45) is 0 Å². The third kappa shape index (κ3) is 2.86. The van der Waals surface area contributed by atoms with Crippen LogP contribution >= 0.6 is 23.2 Å². The lowest BCUT2D eigenvalue weighted by atomic mass is 10.2. The first-order chi connectivity index (χ1) is 11.5. The predicted molar refractivity (Wildman–Crippen MR) is 94.1 cm³/mol. The number of benzene rings is 2. The first kappa shape index (κ1) is 16.4. The van der Waals surface area contributed by atoms with Crippen molar-refractivity contribution in [2.45, 2.75) is 0 Å². The second-order valence-electron chi connectivity index (χ2n) is 4.83. The molecular formula is C16H13Cl2N3O3. The van der Waals surface area contributed by atoms with Gasteiger partial charge in [0.05, 0.1) is 30.4 Å². The number of nitrogens with one attached hydrogen (secondary N) is 1. The normalized spacial score (nSPS) is 10.7. The van der Waals surface area contributed by atoms with Crippen LogP contribution in [0.15, 0.2) is 30.6 Å². The Balaban J connectivity index is 2.16. The maximum atomic E-state index is 9.77. The summed E-state index contributed by atoms with van der Waals surface area (Å²) in [4.78, 5) is 8.46. The Bertz CT molecular complexity index is 919. The minimum atomic E-state index is -0.0822. The summed E-state index contributed by atoms with van der Waals surface area (Å²) in [5.74, 6) is 1.48. The van der Waals surface area contributed by atoms with Gasteiger partial charge in [-0.2, -0.15) is 0 Å². The number of halogens is 2. The van der Waals surface area contributed by atoms with E-state index in [9.17, 15) is 5.11 Å². The van der Waals surface area contributed by atoms with Gasteiger partial charge in [-0.1, -0.05) is 23.2 Å². The van der Waals surface area contributed by atoms with Crippen molar-refractivity contribution in [3.05, 3.63) is 40.6 Å². The lowest BCUT2D eigenvalue weighted by molar-refractivity contribution is 0.356. The number of rotatable bonds is 4. The first-order valence-corrected chi connectivity index (χ1v) is 7.61. The number of phenols is 1. The molecule has 1 aromatic heterocycles. The highest BCUT2D eigenvalue weighted by atomic mass is 35.5. The fourth-order valence-electron chi connectivity index (χ4n) is 2.26. The maximum Gasteiger partial charge on any atom is 0.162 e. The Kier molecular flexibility index (Phi) is 4.51. The molecule has 0 saturated heterocycles. The summed E-state index contributed by atoms with van der Waals surface area (Å²) in [6, 6.07) is 6.45. The zero-order valence-corrected chi connectivity index (χ0v) is 14.3. The molecule has 0 spiro atoms. The van der Waals surface area contributed by atoms with Gasteiger partial charge in [-0.15, -0.1) is 0 Å². The summed E-state index contributed by atoms with van der Waals surface area (Å²) in [5, 5.41) is 14.0. The van der Waals surface area contributed by atoms with E-state index in [0.717, 1.165) is 0 Å². The average molecular weight is 366 g/mol. The number of ether oxygens (including phenoxy) is 2. The summed E-state index contributed by atoms with van der Waals surface area (Å²) < 4.78 is 10.6. The molecule has 0 aliphatic rings. The molecule has 8 heteroatoms. The van der Waals surface area contributed by atoms with E-state index in [0.29, 0.717) is 38.9 Å². The van der Waals surface area contributed by atoms with Crippen LogP contribution in [0.1, 0.15) is 0 Å². The molecule has 3 aromatic rings. The fraction of sp³-hybridized carbons (Fsp3) is 0.125. The zero-order chi connectivity index (χ0) is 17.3. The highest BCUT2D eigenvalue weighted by Gasteiger charge is 2.15. The van der Waals surface area contributed by atoms with Crippen molar-refractivity contribution >= 4 is 45.6 Å². The van der Waals surface area contributed by atoms with Gasteiger partial charge in [0.15, 0.2) is 11.5 Å². The van der Waals surface area contributed by atoms with Crippen molar-refractivity contribution in [1.82, 2.24) is 9.97 Å². The van der Waals surface area contributed by atoms with E-state index in [1.165, 1.54) is 18.5 Å². The monoisotopic (exact) mass is 365 g/mol. The van der Waals surface area contributed by atoms with Gasteiger partial charge in [0.25, 0.3) is 0 Å². The molecular weight excluding hydrogens is 353 g/mol. The summed E-state index contributed by atoms with van der Waals surface area (Å²) >= 11 is 12.3. The summed E-state index contributed by atoms with van der Waals surface area (Å²) in [6.07, 6.45) is 1.40. The lowest BCUT2D eigenvalue weighted by Crippen LogP contribution is -1.99. The standard InChI is InChI=1S/C16H13Cl2N3O3/c1-23-12-5-8-10(6-13(12)24-2)19-7-20-16(8)21-15-9(17)3-4-11(22)14(15)18/h3-7,22H,1-2H3,(H,19,20,21). The van der Waals surface area contributed by atoms with E-state index in [1.807, 2.05) is 0 Å². The number of hydrogen-bond acceptors (Lipinski definition) is 6. The Labute approximate surface area is 148 Å². The smallest absolute Gasteiger partial charge is 0.162 e. The van der Waals surface area contributed by atoms with Crippen LogP contribution in [-0.4, -0.2) is 29.3 Å². The van der Waals surface area contributed by atoms with Crippen molar-refractivity contribution in [1.29, 1.82) is 0 Å². The number of aromatic hydroxyl groups is 1. The molecule has 0 aliphatic carbocycles. The van der Waals surface area contributed by atoms with Crippen LogP contribution in [0.5, 0.6) is 17.2 Å². The van der Waals surface area contributed by atoms with Crippen LogP contribution < -0.4 is 14.8 Å². The zero-order valence-electron chi connectivity index (χ0n) is 12.8. The van der Waals surface area contributed by atoms with E-state index in [-0.39, 0.29) is 10.8 Å². The number of hydrogen-bond donors (Lipinski definition) is 2. The molecule has 3 rings (SSSR count). The molecule has 0 saturated carbocycles. The SMILES string of the molecule is COc1cc2ncnc(Nc3c(Cl)ccc(O)c3Cl)c2cc1OC. The predicted octanol–water partition coefficient (Wildman–Crippen LogP) is 4.40. The minimum absolute atomic E-state index is 0.0822. The summed E-state index contributed by atoms with van der Waals surface area (Å²) in [5.41, 5.74) is 1.01. The van der Waals surface area contributed by atoms with Crippen LogP contribution in [0.3, 0.4) is 0 Å². The molecule has 0 bridgehead atoms. The third-order valence-corrected chi connectivity index (χ3v) is 4.15. The maximum absolute atomic E-state index is 9.77. The number of nitrogens with zero attached hydrogens (tertiary/aromatic N) is 2. The van der Waals surface area contributed by atoms with Crippen LogP contribution in [0.2, 0.25) is 10.0 Å². The molecule has 2 N–H and O–H groups in total. The Morgan fingerprint density at radius 1 is 1.04 bits per heavy atom. The van der Waals surface area contributed by atoms with Crippen molar-refractivity contribution in [3.63, 3.8) is 0 Å². The molecule has 1 heterocycles. The van der Waals surface area contributed by atoms with Gasteiger partial charge in [0.1, 0.15) is 22.9 Å². The third-order valence-electron chi connectivity index (χ3n) is 3.45. The molecule has 124 valence electrons. The van der Waals surface area contributed by atoms with Gasteiger partial charge >= 0.3 is 0 Å². The molecule has 0 fully saturated rings. The van der Waals surface area contributed by atoms with Crippen LogP contribution in [0, 0.1) is 0 Å². The van der Waals surface area contributed by atoms with Crippen molar-refractivity contribution < 1.29 is 14.6 Å². The molecule has 0 unspecified atom stereocenters. The van der Waals surface area contributed by atoms with Crippen LogP contribution in [-0.2, 0) is 0 Å². The molecule has 0 amide bonds. The summed E-state index contributed by atoms with van der Waals surface area (Å²) in [6.45, 7) is 0. The van der Waals surface area contributed by atoms with Gasteiger partial charge in [0.2, 0.25) is 0 Å². The van der Waals surface area contributed by atoms with Gasteiger partial charge in [-0.25, -0.2) is 9.97 Å². The lowest BCUT2D eigenvalue weighted by Gasteiger charge is -2.14. The second-order valence-corrected chi connectivity index (χ2v) is 5.61. The largest absolute Gasteiger partial charge is 0.506 e. The number of anilines is 2. The fourth-order valence-corrected chi connectivity index (χ4v) is 2.72. The minimum Gasteiger partial charge on any atom is -0.506 e. The van der Waals surface area contributed by atoms with E-state index >= 15 is 0 Å². The van der Waals surface area contributed by atoms with E-state index in [2.05, 4.69) is 15.3 Å². The number of fused-ring (bicyclic) bond motifs is 1. The topological polar surface area (TPSA) is 76.5 Å². The molecule has 2 aromatic carbocycles. The van der Waals surface area contributed by atoms with E-state index in [1.54, 1.807) is 26.4 Å². The van der Waals surface area contributed by atoms with Gasteiger partial charge < -0.3 is 19.9 Å². The van der Waals surface area contributed by atoms with Gasteiger partial charge in [0, 0.05) is 11.5 Å². The van der Waals surface area contributed by atoms with E-state index in [4.69, 9.17) is 32.7 Å². The number of methoxy groups -OCH3 is 2. The first-order valence-electron chi connectivity index (χ1n) is 6.86. The van der Waals surface area contributed by atoms with Gasteiger partial charge in [-0.05, 0) is 18.2 Å². The molecule has 0 aliphatic heterocycles. The number of phenolic OH excluding ortho intramolecular Hbond substituents is 1. The Morgan fingerprint density at radius 2 is 1.75 bits per heavy atom. The molecule has 0 radical (unpaired) electrons. The van der Waals surface area contributed by atoms with Crippen LogP contribution in [0.4, 0.5) is 11.5 Å². The Morgan fingerprint density at radius 3 is 2.46 bits per heavy atom.